The molecule has 0 aromatic carbocycles. The van der Waals surface area contributed by atoms with Crippen molar-refractivity contribution in [3.8, 4) is 0 Å². The Morgan fingerprint density at radius 3 is 1.90 bits per heavy atom. The summed E-state index contributed by atoms with van der Waals surface area (Å²) in [6.07, 6.45) is 4.79. The summed E-state index contributed by atoms with van der Waals surface area (Å²) in [5.41, 5.74) is 0. The van der Waals surface area contributed by atoms with E-state index in [9.17, 15) is 0 Å². The van der Waals surface area contributed by atoms with Gasteiger partial charge in [0.2, 0.25) is 0 Å². The van der Waals surface area contributed by atoms with Gasteiger partial charge < -0.3 is 5.41 Å². The monoisotopic (exact) mass is 383 g/mol. The molecule has 0 aliphatic heterocycles. The van der Waals surface area contributed by atoms with Gasteiger partial charge in [-0.2, -0.15) is 0 Å². The van der Waals surface area contributed by atoms with Crippen LogP contribution < -0.4 is 0 Å². The fourth-order valence-electron chi connectivity index (χ4n) is 0.306. The third-order valence-electron chi connectivity index (χ3n) is 0.702. The minimum atomic E-state index is -1.92. The third kappa shape index (κ3) is 35.1. The van der Waals surface area contributed by atoms with Gasteiger partial charge in [0.05, 0.1) is 0 Å². The summed E-state index contributed by atoms with van der Waals surface area (Å²) < 4.78 is 0. The Hall–Kier alpha value is 1.19. The van der Waals surface area contributed by atoms with E-state index in [1.165, 1.54) is 19.1 Å². The van der Waals surface area contributed by atoms with Crippen LogP contribution in [0.25, 0.3) is 0 Å². The van der Waals surface area contributed by atoms with E-state index in [2.05, 4.69) is 6.92 Å². The van der Waals surface area contributed by atoms with Crippen molar-refractivity contribution < 1.29 is 13.5 Å². The first-order chi connectivity index (χ1) is 4.65. The average molecular weight is 384 g/mol. The second kappa shape index (κ2) is 12.8. The zero-order valence-corrected chi connectivity index (χ0v) is 10.3. The van der Waals surface area contributed by atoms with Crippen LogP contribution in [0.5, 0.6) is 0 Å². The van der Waals surface area contributed by atoms with Crippen molar-refractivity contribution in [3.63, 3.8) is 0 Å². The molecule has 0 aromatic heterocycles. The normalized spacial score (nSPS) is 9.40. The van der Waals surface area contributed by atoms with Gasteiger partial charge in [-0.3, -0.25) is 0 Å². The van der Waals surface area contributed by atoms with Crippen LogP contribution in [0, 0.1) is 5.41 Å². The predicted octanol–water partition coefficient (Wildman–Crippen LogP) is 3.89. The van der Waals surface area contributed by atoms with Gasteiger partial charge in [-0.25, -0.2) is 0 Å². The summed E-state index contributed by atoms with van der Waals surface area (Å²) in [6.45, 7) is 2.13. The van der Waals surface area contributed by atoms with E-state index in [1.807, 2.05) is 0 Å². The second-order valence-electron chi connectivity index (χ2n) is 1.49. The molecule has 0 saturated carbocycles. The van der Waals surface area contributed by atoms with Crippen molar-refractivity contribution in [3.05, 3.63) is 0 Å². The Balaban J connectivity index is 0. The number of halogens is 3. The van der Waals surface area contributed by atoms with E-state index in [1.54, 1.807) is 0 Å². The summed E-state index contributed by atoms with van der Waals surface area (Å²) in [6, 6.07) is 0. The van der Waals surface area contributed by atoms with Gasteiger partial charge in [0, 0.05) is 0 Å². The second-order valence-corrected chi connectivity index (χ2v) is 11.9. The molecule has 10 heavy (non-hydrogen) atoms. The maximum absolute atomic E-state index is 6.58. The molecule has 66 valence electrons. The number of unbranched alkanes of at least 4 members (excludes halogenated alkanes) is 2. The Morgan fingerprint density at radius 2 is 1.80 bits per heavy atom. The fourth-order valence-corrected chi connectivity index (χ4v) is 0.306. The van der Waals surface area contributed by atoms with E-state index < -0.39 is 13.5 Å². The molecule has 0 spiro atoms. The molecule has 0 bridgehead atoms. The number of nitrogens with one attached hydrogen (secondary N) is 1. The molecule has 1 nitrogen and oxygen atoms in total. The minimum absolute atomic E-state index is 0.955. The molecule has 0 fully saturated rings. The molecule has 0 aliphatic rings. The van der Waals surface area contributed by atoms with E-state index in [0.29, 0.717) is 0 Å². The van der Waals surface area contributed by atoms with Crippen LogP contribution in [0.15, 0.2) is 0 Å². The van der Waals surface area contributed by atoms with Gasteiger partial charge in [-0.15, -0.1) is 0 Å². The Bertz CT molecular complexity index is 67.2. The van der Waals surface area contributed by atoms with E-state index in [4.69, 9.17) is 34.2 Å². The molecule has 5 heteroatoms. The first-order valence-electron chi connectivity index (χ1n) is 2.78. The number of hydrogen-bond acceptors (Lipinski definition) is 1. The quantitative estimate of drug-likeness (QED) is 0.565. The SMILES string of the molecule is CCCCC=N.[Cl][Ir]([Cl])[Cl]. The summed E-state index contributed by atoms with van der Waals surface area (Å²) in [5, 5.41) is 6.58. The fraction of sp³-hybridized carbons (Fsp3) is 0.800. The maximum atomic E-state index is 6.58. The van der Waals surface area contributed by atoms with Gasteiger partial charge in [0.15, 0.2) is 0 Å². The van der Waals surface area contributed by atoms with Crippen LogP contribution in [0.1, 0.15) is 26.2 Å². The summed E-state index contributed by atoms with van der Waals surface area (Å²) >= 11 is -1.92. The van der Waals surface area contributed by atoms with Crippen LogP contribution in [-0.2, 0) is 13.5 Å². The van der Waals surface area contributed by atoms with Gasteiger partial charge in [0.1, 0.15) is 0 Å². The summed E-state index contributed by atoms with van der Waals surface area (Å²) in [5.74, 6) is 0. The van der Waals surface area contributed by atoms with Crippen molar-refractivity contribution >= 4 is 35.0 Å². The molecule has 0 unspecified atom stereocenters. The number of rotatable bonds is 3. The molecule has 0 saturated heterocycles. The Morgan fingerprint density at radius 1 is 1.40 bits per heavy atom. The number of hydrogen-bond donors (Lipinski definition) is 1. The molecule has 0 rings (SSSR count). The zero-order valence-electron chi connectivity index (χ0n) is 5.67. The zero-order chi connectivity index (χ0) is 8.41. The van der Waals surface area contributed by atoms with Gasteiger partial charge in [-0.05, 0) is 19.1 Å². The van der Waals surface area contributed by atoms with Crippen LogP contribution >= 0.6 is 28.8 Å². The van der Waals surface area contributed by atoms with Gasteiger partial charge in [-0.1, -0.05) is 13.3 Å². The van der Waals surface area contributed by atoms with Crippen molar-refractivity contribution in [2.45, 2.75) is 26.2 Å². The Kier molecular flexibility index (Phi) is 17.7. The van der Waals surface area contributed by atoms with Crippen molar-refractivity contribution in [1.82, 2.24) is 0 Å². The van der Waals surface area contributed by atoms with Gasteiger partial charge >= 0.3 is 42.2 Å². The molecule has 0 aromatic rings. The standard InChI is InChI=1S/C5H11N.3ClH.Ir/c1-2-3-4-5-6;;;;/h5-6H,2-4H2,1H3;3*1H;/q;;;;+3/p-3. The topological polar surface area (TPSA) is 23.9 Å². The summed E-state index contributed by atoms with van der Waals surface area (Å²) in [7, 11) is 14.9. The first-order valence-corrected chi connectivity index (χ1v) is 11.7. The van der Waals surface area contributed by atoms with E-state index in [0.717, 1.165) is 6.42 Å². The predicted molar refractivity (Wildman–Crippen MR) is 45.9 cm³/mol. The molecular weight excluding hydrogens is 373 g/mol. The molecule has 0 heterocycles. The molecule has 1 N–H and O–H groups in total. The first kappa shape index (κ1) is 13.8. The molecule has 0 amide bonds. The molecular formula is C5H11Cl3IrN. The van der Waals surface area contributed by atoms with Crippen molar-refractivity contribution in [2.24, 2.45) is 0 Å². The average Bonchev–Trinajstić information content (AvgIpc) is 1.82. The van der Waals surface area contributed by atoms with Crippen molar-refractivity contribution in [1.29, 1.82) is 5.41 Å². The third-order valence-corrected chi connectivity index (χ3v) is 0.702. The molecule has 0 radical (unpaired) electrons. The molecule has 0 aliphatic carbocycles. The molecule has 0 atom stereocenters. The van der Waals surface area contributed by atoms with E-state index in [-0.39, 0.29) is 0 Å². The van der Waals surface area contributed by atoms with Crippen LogP contribution in [0.4, 0.5) is 0 Å². The van der Waals surface area contributed by atoms with Gasteiger partial charge in [0.25, 0.3) is 0 Å². The Labute approximate surface area is 79.7 Å². The van der Waals surface area contributed by atoms with Crippen LogP contribution in [0.3, 0.4) is 0 Å². The van der Waals surface area contributed by atoms with Crippen molar-refractivity contribution in [2.75, 3.05) is 0 Å². The van der Waals surface area contributed by atoms with Crippen LogP contribution in [-0.4, -0.2) is 6.21 Å². The van der Waals surface area contributed by atoms with Crippen LogP contribution in [0.2, 0.25) is 0 Å². The summed E-state index contributed by atoms with van der Waals surface area (Å²) in [4.78, 5) is 0. The van der Waals surface area contributed by atoms with E-state index >= 15 is 0 Å².